The Kier molecular flexibility index (Phi) is 5.06. The Labute approximate surface area is 146 Å². The van der Waals surface area contributed by atoms with Crippen molar-refractivity contribution < 1.29 is 14.0 Å². The summed E-state index contributed by atoms with van der Waals surface area (Å²) in [6.45, 7) is 5.34. The van der Waals surface area contributed by atoms with Crippen molar-refractivity contribution in [3.8, 4) is 0 Å². The van der Waals surface area contributed by atoms with Crippen LogP contribution >= 0.6 is 0 Å². The van der Waals surface area contributed by atoms with Crippen molar-refractivity contribution in [1.29, 1.82) is 0 Å². The zero-order valence-electron chi connectivity index (χ0n) is 14.7. The molecule has 1 fully saturated rings. The minimum atomic E-state index is -0.521. The van der Waals surface area contributed by atoms with Crippen molar-refractivity contribution in [2.45, 2.75) is 39.5 Å². The zero-order chi connectivity index (χ0) is 18.0. The number of carbonyl (C=O) groups excluding carboxylic acids is 2. The summed E-state index contributed by atoms with van der Waals surface area (Å²) in [5, 5.41) is 0. The molecule has 134 valence electrons. The summed E-state index contributed by atoms with van der Waals surface area (Å²) in [5.41, 5.74) is 1.55. The first-order chi connectivity index (χ1) is 12.0. The fourth-order valence-corrected chi connectivity index (χ4v) is 3.59. The van der Waals surface area contributed by atoms with Crippen LogP contribution in [0.4, 0.5) is 0 Å². The van der Waals surface area contributed by atoms with Crippen LogP contribution in [0.15, 0.2) is 27.4 Å². The van der Waals surface area contributed by atoms with E-state index in [0.29, 0.717) is 42.6 Å². The third-order valence-electron chi connectivity index (χ3n) is 5.22. The molecule has 1 aliphatic heterocycles. The van der Waals surface area contributed by atoms with Gasteiger partial charge in [-0.1, -0.05) is 13.8 Å². The summed E-state index contributed by atoms with van der Waals surface area (Å²) in [6.07, 6.45) is 3.08. The molecule has 0 atom stereocenters. The molecule has 3 rings (SSSR count). The number of Topliss-reactive ketones (excluding diaryl/α,β-unsaturated/α-hetero) is 1. The lowest BCUT2D eigenvalue weighted by molar-refractivity contribution is -0.137. The van der Waals surface area contributed by atoms with E-state index in [1.165, 1.54) is 0 Å². The summed E-state index contributed by atoms with van der Waals surface area (Å²) in [4.78, 5) is 40.9. The van der Waals surface area contributed by atoms with Gasteiger partial charge in [-0.2, -0.15) is 0 Å². The molecule has 1 aromatic carbocycles. The Morgan fingerprint density at radius 3 is 2.56 bits per heavy atom. The molecule has 2 heterocycles. The van der Waals surface area contributed by atoms with Gasteiger partial charge in [-0.15, -0.1) is 0 Å². The van der Waals surface area contributed by atoms with Gasteiger partial charge in [-0.05, 0) is 43.9 Å². The summed E-state index contributed by atoms with van der Waals surface area (Å²) in [5.74, 6) is -0.250. The summed E-state index contributed by atoms with van der Waals surface area (Å²) >= 11 is 0. The predicted octanol–water partition coefficient (Wildman–Crippen LogP) is 2.98. The van der Waals surface area contributed by atoms with Gasteiger partial charge in [-0.25, -0.2) is 4.79 Å². The Morgan fingerprint density at radius 1 is 1.24 bits per heavy atom. The Morgan fingerprint density at radius 2 is 1.92 bits per heavy atom. The van der Waals surface area contributed by atoms with E-state index in [1.807, 2.05) is 18.7 Å². The molecule has 0 aliphatic carbocycles. The first kappa shape index (κ1) is 17.5. The second-order valence-electron chi connectivity index (χ2n) is 6.70. The lowest BCUT2D eigenvalue weighted by Gasteiger charge is -2.33. The topological polar surface area (TPSA) is 83.4 Å². The number of H-pyrrole nitrogens is 1. The molecular formula is C19H24N2O4. The first-order valence-corrected chi connectivity index (χ1v) is 8.99. The van der Waals surface area contributed by atoms with Gasteiger partial charge in [0.15, 0.2) is 11.4 Å². The van der Waals surface area contributed by atoms with Crippen LogP contribution in [0.2, 0.25) is 0 Å². The molecule has 0 radical (unpaired) electrons. The predicted molar refractivity (Wildman–Crippen MR) is 94.5 cm³/mol. The third kappa shape index (κ3) is 3.52. The maximum absolute atomic E-state index is 12.7. The van der Waals surface area contributed by atoms with Crippen LogP contribution in [-0.4, -0.2) is 34.7 Å². The number of fused-ring (bicyclic) bond motifs is 1. The molecule has 1 N–H and O–H groups in total. The number of ketones is 1. The quantitative estimate of drug-likeness (QED) is 0.845. The summed E-state index contributed by atoms with van der Waals surface area (Å²) in [7, 11) is 0. The number of aromatic amines is 1. The van der Waals surface area contributed by atoms with Gasteiger partial charge in [0.2, 0.25) is 5.91 Å². The van der Waals surface area contributed by atoms with E-state index in [4.69, 9.17) is 4.42 Å². The van der Waals surface area contributed by atoms with E-state index < -0.39 is 5.76 Å². The molecule has 1 amide bonds. The van der Waals surface area contributed by atoms with Gasteiger partial charge in [-0.3, -0.25) is 14.6 Å². The largest absolute Gasteiger partial charge is 0.417 e. The number of piperidine rings is 1. The molecular weight excluding hydrogens is 320 g/mol. The molecule has 25 heavy (non-hydrogen) atoms. The number of likely N-dealkylation sites (tertiary alicyclic amines) is 1. The van der Waals surface area contributed by atoms with Gasteiger partial charge in [0.1, 0.15) is 0 Å². The standard InChI is InChI=1S/C19H24N2O4/c1-3-12(4-2)18(23)21-9-7-13(8-10-21)17(22)14-5-6-15-16(11-14)25-19(24)20-15/h5-6,11-13H,3-4,7-10H2,1-2H3,(H,20,24). The van der Waals surface area contributed by atoms with Crippen LogP contribution < -0.4 is 5.76 Å². The van der Waals surface area contributed by atoms with Crippen molar-refractivity contribution >= 4 is 22.8 Å². The molecule has 0 bridgehead atoms. The van der Waals surface area contributed by atoms with Gasteiger partial charge < -0.3 is 9.32 Å². The van der Waals surface area contributed by atoms with Crippen LogP contribution in [0.25, 0.3) is 11.1 Å². The van der Waals surface area contributed by atoms with Crippen LogP contribution in [0.5, 0.6) is 0 Å². The van der Waals surface area contributed by atoms with Gasteiger partial charge in [0.25, 0.3) is 0 Å². The number of oxazole rings is 1. The highest BCUT2D eigenvalue weighted by molar-refractivity contribution is 6.00. The number of hydrogen-bond acceptors (Lipinski definition) is 4. The molecule has 1 saturated heterocycles. The van der Waals surface area contributed by atoms with Crippen molar-refractivity contribution in [1.82, 2.24) is 9.88 Å². The molecule has 1 aromatic heterocycles. The van der Waals surface area contributed by atoms with E-state index >= 15 is 0 Å². The number of rotatable bonds is 5. The second kappa shape index (κ2) is 7.25. The maximum atomic E-state index is 12.7. The van der Waals surface area contributed by atoms with Gasteiger partial charge in [0.05, 0.1) is 5.52 Å². The molecule has 6 nitrogen and oxygen atoms in total. The first-order valence-electron chi connectivity index (χ1n) is 8.99. The SMILES string of the molecule is CCC(CC)C(=O)N1CCC(C(=O)c2ccc3[nH]c(=O)oc3c2)CC1. The van der Waals surface area contributed by atoms with E-state index in [-0.39, 0.29) is 23.5 Å². The van der Waals surface area contributed by atoms with E-state index in [9.17, 15) is 14.4 Å². The van der Waals surface area contributed by atoms with Gasteiger partial charge >= 0.3 is 5.76 Å². The highest BCUT2D eigenvalue weighted by Crippen LogP contribution is 2.25. The summed E-state index contributed by atoms with van der Waals surface area (Å²) in [6, 6.07) is 5.04. The van der Waals surface area contributed by atoms with Crippen LogP contribution in [0.3, 0.4) is 0 Å². The number of nitrogens with one attached hydrogen (secondary N) is 1. The minimum Gasteiger partial charge on any atom is -0.408 e. The van der Waals surface area contributed by atoms with Crippen molar-refractivity contribution in [2.75, 3.05) is 13.1 Å². The molecule has 1 aliphatic rings. The fourth-order valence-electron chi connectivity index (χ4n) is 3.59. The molecule has 0 spiro atoms. The van der Waals surface area contributed by atoms with E-state index in [2.05, 4.69) is 4.98 Å². The normalized spacial score (nSPS) is 15.9. The van der Waals surface area contributed by atoms with E-state index in [0.717, 1.165) is 12.8 Å². The third-order valence-corrected chi connectivity index (χ3v) is 5.22. The average molecular weight is 344 g/mol. The molecule has 0 unspecified atom stereocenters. The van der Waals surface area contributed by atoms with Crippen molar-refractivity contribution in [2.24, 2.45) is 11.8 Å². The smallest absolute Gasteiger partial charge is 0.408 e. The highest BCUT2D eigenvalue weighted by atomic mass is 16.4. The van der Waals surface area contributed by atoms with Crippen molar-refractivity contribution in [3.63, 3.8) is 0 Å². The average Bonchev–Trinajstić information content (AvgIpc) is 3.01. The molecule has 2 aromatic rings. The Balaban J connectivity index is 1.66. The number of carbonyl (C=O) groups is 2. The maximum Gasteiger partial charge on any atom is 0.417 e. The fraction of sp³-hybridized carbons (Fsp3) is 0.526. The van der Waals surface area contributed by atoms with Crippen LogP contribution in [-0.2, 0) is 4.79 Å². The lowest BCUT2D eigenvalue weighted by atomic mass is 9.88. The number of benzene rings is 1. The molecule has 6 heteroatoms. The highest BCUT2D eigenvalue weighted by Gasteiger charge is 2.30. The molecule has 0 saturated carbocycles. The van der Waals surface area contributed by atoms with Gasteiger partial charge in [0, 0.05) is 30.5 Å². The van der Waals surface area contributed by atoms with Crippen LogP contribution in [0, 0.1) is 11.8 Å². The number of amides is 1. The number of hydrogen-bond donors (Lipinski definition) is 1. The van der Waals surface area contributed by atoms with Crippen molar-refractivity contribution in [3.05, 3.63) is 34.3 Å². The number of aromatic nitrogens is 1. The zero-order valence-corrected chi connectivity index (χ0v) is 14.7. The Hall–Kier alpha value is -2.37. The number of nitrogens with zero attached hydrogens (tertiary/aromatic N) is 1. The lowest BCUT2D eigenvalue weighted by Crippen LogP contribution is -2.43. The minimum absolute atomic E-state index is 0.0559. The monoisotopic (exact) mass is 344 g/mol. The Bertz CT molecular complexity index is 823. The van der Waals surface area contributed by atoms with E-state index in [1.54, 1.807) is 18.2 Å². The summed E-state index contributed by atoms with van der Waals surface area (Å²) < 4.78 is 5.03. The second-order valence-corrected chi connectivity index (χ2v) is 6.70. The van der Waals surface area contributed by atoms with Crippen LogP contribution in [0.1, 0.15) is 49.9 Å².